The number of esters is 1. The lowest BCUT2D eigenvalue weighted by molar-refractivity contribution is -0.145. The molecule has 0 bridgehead atoms. The van der Waals surface area contributed by atoms with Gasteiger partial charge in [0.25, 0.3) is 0 Å². The van der Waals surface area contributed by atoms with E-state index in [2.05, 4.69) is 5.32 Å². The summed E-state index contributed by atoms with van der Waals surface area (Å²) in [4.78, 5) is 25.2. The van der Waals surface area contributed by atoms with Gasteiger partial charge in [0.1, 0.15) is 18.4 Å². The Kier molecular flexibility index (Phi) is 7.56. The molecule has 1 amide bonds. The molecule has 0 fully saturated rings. The molecule has 0 unspecified atom stereocenters. The highest BCUT2D eigenvalue weighted by Crippen LogP contribution is 2.18. The van der Waals surface area contributed by atoms with Gasteiger partial charge in [-0.1, -0.05) is 84.9 Å². The first-order valence-corrected chi connectivity index (χ1v) is 11.2. The fourth-order valence-electron chi connectivity index (χ4n) is 3.85. The molecule has 4 aromatic rings. The Labute approximate surface area is 199 Å². The van der Waals surface area contributed by atoms with E-state index in [1.165, 1.54) is 7.11 Å². The Morgan fingerprint density at radius 1 is 0.765 bits per heavy atom. The summed E-state index contributed by atoms with van der Waals surface area (Å²) < 4.78 is 10.8. The van der Waals surface area contributed by atoms with Crippen LogP contribution in [0.1, 0.15) is 16.7 Å². The molecule has 0 saturated heterocycles. The van der Waals surface area contributed by atoms with E-state index in [1.54, 1.807) is 0 Å². The van der Waals surface area contributed by atoms with Gasteiger partial charge in [-0.2, -0.15) is 0 Å². The quantitative estimate of drug-likeness (QED) is 0.368. The van der Waals surface area contributed by atoms with Crippen molar-refractivity contribution < 1.29 is 19.1 Å². The topological polar surface area (TPSA) is 64.6 Å². The smallest absolute Gasteiger partial charge is 0.328 e. The highest BCUT2D eigenvalue weighted by Gasteiger charge is 2.22. The Morgan fingerprint density at radius 2 is 1.50 bits per heavy atom. The molecule has 0 radical (unpaired) electrons. The molecule has 0 spiro atoms. The normalized spacial score (nSPS) is 11.6. The fraction of sp³-hybridized carbons (Fsp3) is 0.172. The number of carbonyl (C=O) groups is 2. The summed E-state index contributed by atoms with van der Waals surface area (Å²) in [7, 11) is 1.32. The van der Waals surface area contributed by atoms with Crippen molar-refractivity contribution in [2.24, 2.45) is 0 Å². The van der Waals surface area contributed by atoms with Gasteiger partial charge in [0, 0.05) is 6.42 Å². The van der Waals surface area contributed by atoms with E-state index in [9.17, 15) is 9.59 Å². The number of hydrogen-bond acceptors (Lipinski definition) is 4. The van der Waals surface area contributed by atoms with Gasteiger partial charge in [-0.05, 0) is 39.6 Å². The van der Waals surface area contributed by atoms with Crippen molar-refractivity contribution >= 4 is 22.6 Å². The van der Waals surface area contributed by atoms with Crippen LogP contribution in [0.3, 0.4) is 0 Å². The second-order valence-electron chi connectivity index (χ2n) is 8.13. The minimum Gasteiger partial charge on any atom is -0.489 e. The summed E-state index contributed by atoms with van der Waals surface area (Å²) >= 11 is 0. The molecule has 0 aliphatic rings. The zero-order valence-electron chi connectivity index (χ0n) is 19.1. The fourth-order valence-corrected chi connectivity index (χ4v) is 3.85. The highest BCUT2D eigenvalue weighted by atomic mass is 16.5. The second kappa shape index (κ2) is 11.1. The molecular weight excluding hydrogens is 426 g/mol. The lowest BCUT2D eigenvalue weighted by atomic mass is 10.0. The predicted octanol–water partition coefficient (Wildman–Crippen LogP) is 4.86. The second-order valence-corrected chi connectivity index (χ2v) is 8.13. The van der Waals surface area contributed by atoms with Gasteiger partial charge in [-0.25, -0.2) is 4.79 Å². The molecule has 0 aliphatic heterocycles. The van der Waals surface area contributed by atoms with Gasteiger partial charge in [-0.15, -0.1) is 0 Å². The van der Waals surface area contributed by atoms with Crippen molar-refractivity contribution in [2.75, 3.05) is 7.11 Å². The van der Waals surface area contributed by atoms with Crippen molar-refractivity contribution in [1.29, 1.82) is 0 Å². The van der Waals surface area contributed by atoms with Crippen LogP contribution in [0.4, 0.5) is 0 Å². The standard InChI is InChI=1S/C29H27NO4/c1-33-29(32)27(30-28(31)19-23-14-15-24-11-5-6-12-25(24)16-23)18-22-10-7-13-26(17-22)34-20-21-8-3-2-4-9-21/h2-17,27H,18-20H2,1H3,(H,30,31)/t27-/m0/s1. The van der Waals surface area contributed by atoms with Gasteiger partial charge in [0.15, 0.2) is 0 Å². The van der Waals surface area contributed by atoms with Gasteiger partial charge in [0.2, 0.25) is 5.91 Å². The SMILES string of the molecule is COC(=O)[C@H](Cc1cccc(OCc2ccccc2)c1)NC(=O)Cc1ccc2ccccc2c1. The lowest BCUT2D eigenvalue weighted by Crippen LogP contribution is -2.43. The molecule has 5 nitrogen and oxygen atoms in total. The maximum Gasteiger partial charge on any atom is 0.328 e. The summed E-state index contributed by atoms with van der Waals surface area (Å²) in [5, 5.41) is 5.03. The molecule has 4 aromatic carbocycles. The van der Waals surface area contributed by atoms with Gasteiger partial charge >= 0.3 is 5.97 Å². The number of nitrogens with one attached hydrogen (secondary N) is 1. The van der Waals surface area contributed by atoms with Crippen LogP contribution in [0.2, 0.25) is 0 Å². The minimum absolute atomic E-state index is 0.179. The summed E-state index contributed by atoms with van der Waals surface area (Å²) in [6.45, 7) is 0.452. The number of amides is 1. The van der Waals surface area contributed by atoms with Crippen LogP contribution >= 0.6 is 0 Å². The highest BCUT2D eigenvalue weighted by molar-refractivity contribution is 5.88. The maximum atomic E-state index is 12.8. The Bertz CT molecular complexity index is 1270. The van der Waals surface area contributed by atoms with Gasteiger partial charge in [-0.3, -0.25) is 4.79 Å². The third-order valence-corrected chi connectivity index (χ3v) is 5.59. The van der Waals surface area contributed by atoms with E-state index < -0.39 is 12.0 Å². The summed E-state index contributed by atoms with van der Waals surface area (Å²) in [5.41, 5.74) is 2.82. The van der Waals surface area contributed by atoms with Crippen molar-refractivity contribution in [2.45, 2.75) is 25.5 Å². The van der Waals surface area contributed by atoms with Gasteiger partial charge < -0.3 is 14.8 Å². The average Bonchev–Trinajstić information content (AvgIpc) is 2.87. The van der Waals surface area contributed by atoms with Crippen molar-refractivity contribution in [3.63, 3.8) is 0 Å². The molecule has 172 valence electrons. The number of carbonyl (C=O) groups excluding carboxylic acids is 2. The largest absolute Gasteiger partial charge is 0.489 e. The first-order valence-electron chi connectivity index (χ1n) is 11.2. The Morgan fingerprint density at radius 3 is 2.29 bits per heavy atom. The number of fused-ring (bicyclic) bond motifs is 1. The van der Waals surface area contributed by atoms with E-state index in [1.807, 2.05) is 97.1 Å². The average molecular weight is 454 g/mol. The van der Waals surface area contributed by atoms with Crippen LogP contribution < -0.4 is 10.1 Å². The van der Waals surface area contributed by atoms with Crippen molar-refractivity contribution in [3.05, 3.63) is 114 Å². The van der Waals surface area contributed by atoms with Crippen LogP contribution in [0.5, 0.6) is 5.75 Å². The number of benzene rings is 4. The number of hydrogen-bond donors (Lipinski definition) is 1. The predicted molar refractivity (Wildman–Crippen MR) is 133 cm³/mol. The number of ether oxygens (including phenoxy) is 2. The van der Waals surface area contributed by atoms with Crippen LogP contribution in [-0.4, -0.2) is 25.0 Å². The molecular formula is C29H27NO4. The van der Waals surface area contributed by atoms with Crippen LogP contribution in [0.15, 0.2) is 97.1 Å². The van der Waals surface area contributed by atoms with E-state index in [0.717, 1.165) is 27.5 Å². The molecule has 1 atom stereocenters. The monoisotopic (exact) mass is 453 g/mol. The van der Waals surface area contributed by atoms with Crippen LogP contribution in [0.25, 0.3) is 10.8 Å². The number of methoxy groups -OCH3 is 1. The molecule has 1 N–H and O–H groups in total. The van der Waals surface area contributed by atoms with E-state index in [4.69, 9.17) is 9.47 Å². The minimum atomic E-state index is -0.790. The van der Waals surface area contributed by atoms with Crippen LogP contribution in [0, 0.1) is 0 Å². The molecule has 5 heteroatoms. The summed E-state index contributed by atoms with van der Waals surface area (Å²) in [5.74, 6) is -0.0166. The molecule has 4 rings (SSSR count). The van der Waals surface area contributed by atoms with E-state index in [0.29, 0.717) is 18.8 Å². The molecule has 34 heavy (non-hydrogen) atoms. The molecule has 0 saturated carbocycles. The zero-order chi connectivity index (χ0) is 23.8. The Balaban J connectivity index is 1.40. The molecule has 0 heterocycles. The zero-order valence-corrected chi connectivity index (χ0v) is 19.1. The van der Waals surface area contributed by atoms with Crippen molar-refractivity contribution in [3.8, 4) is 5.75 Å². The maximum absolute atomic E-state index is 12.8. The summed E-state index contributed by atoms with van der Waals surface area (Å²) in [6, 6.07) is 30.6. The van der Waals surface area contributed by atoms with Gasteiger partial charge in [0.05, 0.1) is 13.5 Å². The molecule has 0 aliphatic carbocycles. The molecule has 0 aromatic heterocycles. The first-order chi connectivity index (χ1) is 16.6. The third kappa shape index (κ3) is 6.23. The third-order valence-electron chi connectivity index (χ3n) is 5.59. The van der Waals surface area contributed by atoms with Crippen molar-refractivity contribution in [1.82, 2.24) is 5.32 Å². The van der Waals surface area contributed by atoms with Crippen LogP contribution in [-0.2, 0) is 33.8 Å². The number of rotatable bonds is 9. The Hall–Kier alpha value is -4.12. The first kappa shape index (κ1) is 23.1. The van der Waals surface area contributed by atoms with E-state index >= 15 is 0 Å². The van der Waals surface area contributed by atoms with E-state index in [-0.39, 0.29) is 12.3 Å². The summed E-state index contributed by atoms with van der Waals surface area (Å²) in [6.07, 6.45) is 0.483. The lowest BCUT2D eigenvalue weighted by Gasteiger charge is -2.17.